The Kier molecular flexibility index (Phi) is 1.46. The van der Waals surface area contributed by atoms with Crippen molar-refractivity contribution in [3.05, 3.63) is 35.8 Å². The van der Waals surface area contributed by atoms with Crippen molar-refractivity contribution in [2.24, 2.45) is 0 Å². The first kappa shape index (κ1) is 6.53. The second kappa shape index (κ2) is 2.46. The van der Waals surface area contributed by atoms with Crippen molar-refractivity contribution < 1.29 is 9.47 Å². The molecule has 0 saturated carbocycles. The number of allylic oxidation sites excluding steroid dienone is 3. The zero-order valence-electron chi connectivity index (χ0n) is 6.30. The minimum absolute atomic E-state index is 0.649. The van der Waals surface area contributed by atoms with E-state index in [9.17, 15) is 0 Å². The van der Waals surface area contributed by atoms with E-state index in [4.69, 9.17) is 9.47 Å². The first-order valence-electron chi connectivity index (χ1n) is 3.72. The first-order valence-corrected chi connectivity index (χ1v) is 3.72. The van der Waals surface area contributed by atoms with E-state index in [-0.39, 0.29) is 0 Å². The monoisotopic (exact) mass is 150 g/mol. The fraction of sp³-hybridized carbons (Fsp3) is 0.333. The molecule has 0 aromatic rings. The maximum atomic E-state index is 5.36. The summed E-state index contributed by atoms with van der Waals surface area (Å²) in [5.41, 5.74) is 1.08. The van der Waals surface area contributed by atoms with Crippen LogP contribution in [0.1, 0.15) is 6.42 Å². The molecule has 0 aromatic heterocycles. The molecule has 0 atom stereocenters. The van der Waals surface area contributed by atoms with Gasteiger partial charge >= 0.3 is 0 Å². The van der Waals surface area contributed by atoms with Gasteiger partial charge in [-0.3, -0.25) is 0 Å². The Balaban J connectivity index is 2.26. The van der Waals surface area contributed by atoms with Gasteiger partial charge in [0, 0.05) is 0 Å². The molecule has 0 N–H and O–H groups in total. The highest BCUT2D eigenvalue weighted by Crippen LogP contribution is 2.25. The predicted octanol–water partition coefficient (Wildman–Crippen LogP) is 1.76. The summed E-state index contributed by atoms with van der Waals surface area (Å²) in [6.07, 6.45) is 4.83. The van der Waals surface area contributed by atoms with E-state index in [0.29, 0.717) is 13.2 Å². The van der Waals surface area contributed by atoms with Crippen LogP contribution >= 0.6 is 0 Å². The van der Waals surface area contributed by atoms with E-state index < -0.39 is 0 Å². The Bertz CT molecular complexity index is 248. The average molecular weight is 150 g/mol. The number of ether oxygens (including phenoxy) is 2. The Morgan fingerprint density at radius 2 is 1.91 bits per heavy atom. The molecule has 2 rings (SSSR count). The standard InChI is InChI=1S/C9H10O2/c1-7-2-3-8-9(6-7)11-5-4-10-8/h3,6H,1-2,4-5H2. The van der Waals surface area contributed by atoms with Gasteiger partial charge < -0.3 is 9.47 Å². The van der Waals surface area contributed by atoms with Crippen molar-refractivity contribution in [3.8, 4) is 0 Å². The molecule has 0 aromatic carbocycles. The number of rotatable bonds is 0. The highest BCUT2D eigenvalue weighted by Gasteiger charge is 2.16. The van der Waals surface area contributed by atoms with Crippen molar-refractivity contribution in [1.82, 2.24) is 0 Å². The molecule has 0 unspecified atom stereocenters. The van der Waals surface area contributed by atoms with Gasteiger partial charge in [-0.15, -0.1) is 0 Å². The van der Waals surface area contributed by atoms with Crippen LogP contribution in [0, 0.1) is 0 Å². The van der Waals surface area contributed by atoms with Crippen LogP contribution in [0.15, 0.2) is 35.8 Å². The van der Waals surface area contributed by atoms with E-state index in [1.54, 1.807) is 0 Å². The van der Waals surface area contributed by atoms with E-state index in [2.05, 4.69) is 6.58 Å². The molecule has 2 nitrogen and oxygen atoms in total. The normalized spacial score (nSPS) is 22.4. The summed E-state index contributed by atoms with van der Waals surface area (Å²) >= 11 is 0. The number of fused-ring (bicyclic) bond motifs is 1. The maximum absolute atomic E-state index is 5.36. The fourth-order valence-corrected chi connectivity index (χ4v) is 1.19. The van der Waals surface area contributed by atoms with Crippen LogP contribution in [0.25, 0.3) is 0 Å². The number of hydrogen-bond acceptors (Lipinski definition) is 2. The summed E-state index contributed by atoms with van der Waals surface area (Å²) in [6.45, 7) is 5.16. The zero-order chi connectivity index (χ0) is 7.68. The van der Waals surface area contributed by atoms with Crippen molar-refractivity contribution in [2.75, 3.05) is 13.2 Å². The second-order valence-corrected chi connectivity index (χ2v) is 2.64. The van der Waals surface area contributed by atoms with Gasteiger partial charge in [-0.25, -0.2) is 0 Å². The van der Waals surface area contributed by atoms with Crippen molar-refractivity contribution in [3.63, 3.8) is 0 Å². The van der Waals surface area contributed by atoms with Gasteiger partial charge in [0.2, 0.25) is 0 Å². The average Bonchev–Trinajstić information content (AvgIpc) is 2.04. The van der Waals surface area contributed by atoms with E-state index in [0.717, 1.165) is 23.5 Å². The molecular weight excluding hydrogens is 140 g/mol. The topological polar surface area (TPSA) is 18.5 Å². The lowest BCUT2D eigenvalue weighted by Crippen LogP contribution is -2.15. The summed E-state index contributed by atoms with van der Waals surface area (Å²) in [5.74, 6) is 1.72. The van der Waals surface area contributed by atoms with Crippen LogP contribution in [-0.4, -0.2) is 13.2 Å². The molecule has 2 aliphatic rings. The highest BCUT2D eigenvalue weighted by molar-refractivity contribution is 5.36. The third-order valence-corrected chi connectivity index (χ3v) is 1.73. The van der Waals surface area contributed by atoms with Crippen LogP contribution in [0.3, 0.4) is 0 Å². The van der Waals surface area contributed by atoms with Gasteiger partial charge in [-0.05, 0) is 24.1 Å². The molecule has 0 radical (unpaired) electrons. The predicted molar refractivity (Wildman–Crippen MR) is 41.8 cm³/mol. The van der Waals surface area contributed by atoms with E-state index >= 15 is 0 Å². The lowest BCUT2D eigenvalue weighted by Gasteiger charge is -2.23. The summed E-state index contributed by atoms with van der Waals surface area (Å²) in [7, 11) is 0. The van der Waals surface area contributed by atoms with Gasteiger partial charge in [-0.2, -0.15) is 0 Å². The smallest absolute Gasteiger partial charge is 0.161 e. The summed E-state index contributed by atoms with van der Waals surface area (Å²) in [6, 6.07) is 0. The summed E-state index contributed by atoms with van der Waals surface area (Å²) < 4.78 is 10.7. The van der Waals surface area contributed by atoms with Gasteiger partial charge in [0.1, 0.15) is 13.2 Å². The molecule has 1 saturated heterocycles. The van der Waals surface area contributed by atoms with Crippen molar-refractivity contribution in [1.29, 1.82) is 0 Å². The third-order valence-electron chi connectivity index (χ3n) is 1.73. The molecule has 1 aliphatic heterocycles. The van der Waals surface area contributed by atoms with Gasteiger partial charge in [0.25, 0.3) is 0 Å². The molecule has 2 heteroatoms. The van der Waals surface area contributed by atoms with E-state index in [1.807, 2.05) is 12.2 Å². The first-order chi connectivity index (χ1) is 5.36. The van der Waals surface area contributed by atoms with Crippen LogP contribution in [0.5, 0.6) is 0 Å². The SMILES string of the molecule is C=C1C=C2OCCOC2=CC1. The molecule has 1 fully saturated rings. The molecule has 0 bridgehead atoms. The highest BCUT2D eigenvalue weighted by atomic mass is 16.6. The van der Waals surface area contributed by atoms with Gasteiger partial charge in [0.15, 0.2) is 11.5 Å². The zero-order valence-corrected chi connectivity index (χ0v) is 6.30. The largest absolute Gasteiger partial charge is 0.486 e. The Hall–Kier alpha value is -1.18. The Morgan fingerprint density at radius 3 is 2.73 bits per heavy atom. The lowest BCUT2D eigenvalue weighted by molar-refractivity contribution is 0.0581. The van der Waals surface area contributed by atoms with Gasteiger partial charge in [-0.1, -0.05) is 6.58 Å². The summed E-state index contributed by atoms with van der Waals surface area (Å²) in [5, 5.41) is 0. The van der Waals surface area contributed by atoms with E-state index in [1.165, 1.54) is 0 Å². The molecule has 1 heterocycles. The van der Waals surface area contributed by atoms with Crippen LogP contribution in [0.4, 0.5) is 0 Å². The van der Waals surface area contributed by atoms with Crippen LogP contribution in [0.2, 0.25) is 0 Å². The molecular formula is C9H10O2. The molecule has 58 valence electrons. The molecule has 0 spiro atoms. The summed E-state index contributed by atoms with van der Waals surface area (Å²) in [4.78, 5) is 0. The van der Waals surface area contributed by atoms with Crippen LogP contribution < -0.4 is 0 Å². The van der Waals surface area contributed by atoms with Crippen molar-refractivity contribution >= 4 is 0 Å². The third kappa shape index (κ3) is 1.16. The quantitative estimate of drug-likeness (QED) is 0.524. The Morgan fingerprint density at radius 1 is 1.18 bits per heavy atom. The Labute approximate surface area is 65.8 Å². The fourth-order valence-electron chi connectivity index (χ4n) is 1.19. The van der Waals surface area contributed by atoms with Crippen molar-refractivity contribution in [2.45, 2.75) is 6.42 Å². The number of hydrogen-bond donors (Lipinski definition) is 0. The maximum Gasteiger partial charge on any atom is 0.161 e. The van der Waals surface area contributed by atoms with Gasteiger partial charge in [0.05, 0.1) is 0 Å². The molecule has 11 heavy (non-hydrogen) atoms. The molecule has 0 amide bonds. The van der Waals surface area contributed by atoms with Crippen LogP contribution in [-0.2, 0) is 9.47 Å². The second-order valence-electron chi connectivity index (χ2n) is 2.64. The molecule has 1 aliphatic carbocycles. The minimum atomic E-state index is 0.649. The lowest BCUT2D eigenvalue weighted by atomic mass is 10.1. The minimum Gasteiger partial charge on any atom is -0.486 e.